The molecule has 1 saturated heterocycles. The lowest BCUT2D eigenvalue weighted by Crippen LogP contribution is -2.46. The van der Waals surface area contributed by atoms with E-state index in [0.29, 0.717) is 26.1 Å². The predicted octanol–water partition coefficient (Wildman–Crippen LogP) is 1.69. The number of hydrogen-bond donors (Lipinski definition) is 1. The first-order valence-electron chi connectivity index (χ1n) is 7.54. The van der Waals surface area contributed by atoms with Crippen molar-refractivity contribution in [2.24, 2.45) is 0 Å². The molecule has 1 aliphatic heterocycles. The van der Waals surface area contributed by atoms with Gasteiger partial charge in [0.25, 0.3) is 5.91 Å². The topological polar surface area (TPSA) is 76.1 Å². The lowest BCUT2D eigenvalue weighted by atomic mass is 10.1. The van der Waals surface area contributed by atoms with Gasteiger partial charge in [0.2, 0.25) is 0 Å². The average Bonchev–Trinajstić information content (AvgIpc) is 2.55. The number of rotatable bonds is 7. The molecule has 0 atom stereocenters. The molecule has 0 spiro atoms. The first kappa shape index (κ1) is 17.2. The Kier molecular flexibility index (Phi) is 6.34. The number of benzene rings is 1. The summed E-state index contributed by atoms with van der Waals surface area (Å²) in [5, 5.41) is 8.84. The molecule has 6 nitrogen and oxygen atoms in total. The number of amides is 1. The van der Waals surface area contributed by atoms with Gasteiger partial charge in [-0.2, -0.15) is 0 Å². The van der Waals surface area contributed by atoms with Crippen LogP contribution < -0.4 is 4.74 Å². The monoisotopic (exact) mass is 325 g/mol. The van der Waals surface area contributed by atoms with E-state index in [9.17, 15) is 14.0 Å². The first-order valence-corrected chi connectivity index (χ1v) is 7.54. The molecule has 1 amide bonds. The third-order valence-corrected chi connectivity index (χ3v) is 3.71. The van der Waals surface area contributed by atoms with Crippen molar-refractivity contribution >= 4 is 11.9 Å². The fourth-order valence-electron chi connectivity index (χ4n) is 2.51. The van der Waals surface area contributed by atoms with E-state index in [2.05, 4.69) is 0 Å². The van der Waals surface area contributed by atoms with Crippen molar-refractivity contribution in [2.75, 3.05) is 26.4 Å². The summed E-state index contributed by atoms with van der Waals surface area (Å²) < 4.78 is 24.0. The van der Waals surface area contributed by atoms with Crippen LogP contribution in [0, 0.1) is 5.82 Å². The Morgan fingerprint density at radius 2 is 2.00 bits per heavy atom. The van der Waals surface area contributed by atoms with Crippen LogP contribution in [0.5, 0.6) is 5.75 Å². The molecule has 23 heavy (non-hydrogen) atoms. The van der Waals surface area contributed by atoms with Crippen molar-refractivity contribution in [3.05, 3.63) is 30.1 Å². The summed E-state index contributed by atoms with van der Waals surface area (Å²) >= 11 is 0. The van der Waals surface area contributed by atoms with Crippen molar-refractivity contribution in [1.29, 1.82) is 0 Å². The molecule has 0 radical (unpaired) electrons. The molecule has 7 heteroatoms. The lowest BCUT2D eigenvalue weighted by Gasteiger charge is -2.34. The minimum Gasteiger partial charge on any atom is -0.481 e. The lowest BCUT2D eigenvalue weighted by molar-refractivity contribution is -0.141. The van der Waals surface area contributed by atoms with Gasteiger partial charge in [-0.15, -0.1) is 0 Å². The maximum absolute atomic E-state index is 13.5. The van der Waals surface area contributed by atoms with Gasteiger partial charge in [-0.25, -0.2) is 4.39 Å². The summed E-state index contributed by atoms with van der Waals surface area (Å²) in [6, 6.07) is 5.77. The number of carbonyl (C=O) groups is 2. The van der Waals surface area contributed by atoms with Crippen LogP contribution in [0.15, 0.2) is 24.3 Å². The Morgan fingerprint density at radius 3 is 2.65 bits per heavy atom. The zero-order valence-corrected chi connectivity index (χ0v) is 12.7. The molecule has 1 aromatic carbocycles. The Bertz CT molecular complexity index is 545. The van der Waals surface area contributed by atoms with Crippen molar-refractivity contribution in [1.82, 2.24) is 4.90 Å². The van der Waals surface area contributed by atoms with E-state index in [0.717, 1.165) is 0 Å². The number of nitrogens with zero attached hydrogens (tertiary/aromatic N) is 1. The molecule has 1 fully saturated rings. The van der Waals surface area contributed by atoms with Gasteiger partial charge in [0.05, 0.1) is 6.42 Å². The van der Waals surface area contributed by atoms with Crippen LogP contribution in [0.25, 0.3) is 0 Å². The maximum Gasteiger partial charge on any atom is 0.305 e. The quantitative estimate of drug-likeness (QED) is 0.825. The highest BCUT2D eigenvalue weighted by Crippen LogP contribution is 2.18. The highest BCUT2D eigenvalue weighted by molar-refractivity contribution is 5.79. The first-order chi connectivity index (χ1) is 11.1. The summed E-state index contributed by atoms with van der Waals surface area (Å²) in [5.74, 6) is -1.85. The van der Waals surface area contributed by atoms with E-state index in [4.69, 9.17) is 14.6 Å². The van der Waals surface area contributed by atoms with Crippen molar-refractivity contribution < 1.29 is 28.6 Å². The zero-order valence-electron chi connectivity index (χ0n) is 12.7. The molecule has 1 aromatic rings. The smallest absolute Gasteiger partial charge is 0.305 e. The van der Waals surface area contributed by atoms with E-state index < -0.39 is 11.8 Å². The number of carboxylic acids is 1. The number of halogens is 1. The minimum absolute atomic E-state index is 0.00557. The van der Waals surface area contributed by atoms with E-state index >= 15 is 0 Å². The molecule has 0 saturated carbocycles. The van der Waals surface area contributed by atoms with Crippen LogP contribution in [-0.4, -0.2) is 54.3 Å². The number of carboxylic acid groups (broad SMARTS) is 1. The van der Waals surface area contributed by atoms with Crippen LogP contribution in [0.4, 0.5) is 4.39 Å². The fraction of sp³-hybridized carbons (Fsp3) is 0.500. The highest BCUT2D eigenvalue weighted by atomic mass is 19.1. The van der Waals surface area contributed by atoms with Crippen LogP contribution in [0.1, 0.15) is 19.3 Å². The van der Waals surface area contributed by atoms with Gasteiger partial charge in [0, 0.05) is 25.8 Å². The molecular formula is C16H20FNO5. The summed E-state index contributed by atoms with van der Waals surface area (Å²) in [7, 11) is 0. The summed E-state index contributed by atoms with van der Waals surface area (Å²) in [4.78, 5) is 24.7. The normalized spacial score (nSPS) is 15.2. The molecule has 0 aromatic heterocycles. The molecule has 2 rings (SSSR count). The van der Waals surface area contributed by atoms with Crippen LogP contribution in [-0.2, 0) is 14.3 Å². The van der Waals surface area contributed by atoms with Gasteiger partial charge in [0.15, 0.2) is 18.2 Å². The third-order valence-electron chi connectivity index (χ3n) is 3.71. The van der Waals surface area contributed by atoms with Crippen molar-refractivity contribution in [3.63, 3.8) is 0 Å². The standard InChI is InChI=1S/C16H20FNO5/c17-13-3-1-2-4-14(13)23-11-15(19)18(8-5-16(20)21)12-6-9-22-10-7-12/h1-4,12H,5-11H2,(H,20,21). The Hall–Kier alpha value is -2.15. The molecule has 126 valence electrons. The number of aliphatic carboxylic acids is 1. The summed E-state index contributed by atoms with van der Waals surface area (Å²) in [5.41, 5.74) is 0. The zero-order chi connectivity index (χ0) is 16.7. The fourth-order valence-corrected chi connectivity index (χ4v) is 2.51. The number of carbonyl (C=O) groups excluding carboxylic acids is 1. The number of para-hydroxylation sites is 1. The Balaban J connectivity index is 1.97. The van der Waals surface area contributed by atoms with E-state index in [1.54, 1.807) is 6.07 Å². The second kappa shape index (κ2) is 8.47. The highest BCUT2D eigenvalue weighted by Gasteiger charge is 2.26. The molecule has 1 N–H and O–H groups in total. The molecule has 1 aliphatic rings. The van der Waals surface area contributed by atoms with Gasteiger partial charge < -0.3 is 19.5 Å². The second-order valence-corrected chi connectivity index (χ2v) is 5.29. The summed E-state index contributed by atoms with van der Waals surface area (Å²) in [6.07, 6.45) is 1.18. The molecule has 0 aliphatic carbocycles. The van der Waals surface area contributed by atoms with Gasteiger partial charge in [-0.3, -0.25) is 9.59 Å². The Morgan fingerprint density at radius 1 is 1.30 bits per heavy atom. The number of ether oxygens (including phenoxy) is 2. The predicted molar refractivity (Wildman–Crippen MR) is 79.7 cm³/mol. The number of hydrogen-bond acceptors (Lipinski definition) is 4. The van der Waals surface area contributed by atoms with Crippen LogP contribution >= 0.6 is 0 Å². The molecule has 0 unspecified atom stereocenters. The van der Waals surface area contributed by atoms with Crippen molar-refractivity contribution in [2.45, 2.75) is 25.3 Å². The average molecular weight is 325 g/mol. The largest absolute Gasteiger partial charge is 0.481 e. The van der Waals surface area contributed by atoms with Gasteiger partial charge in [-0.1, -0.05) is 12.1 Å². The molecule has 0 bridgehead atoms. The minimum atomic E-state index is -0.968. The SMILES string of the molecule is O=C(O)CCN(C(=O)COc1ccccc1F)C1CCOCC1. The van der Waals surface area contributed by atoms with E-state index in [1.165, 1.54) is 23.1 Å². The van der Waals surface area contributed by atoms with Gasteiger partial charge >= 0.3 is 5.97 Å². The van der Waals surface area contributed by atoms with Crippen molar-refractivity contribution in [3.8, 4) is 5.75 Å². The van der Waals surface area contributed by atoms with Gasteiger partial charge in [0.1, 0.15) is 0 Å². The summed E-state index contributed by atoms with van der Waals surface area (Å²) in [6.45, 7) is 0.864. The Labute approximate surface area is 133 Å². The maximum atomic E-state index is 13.5. The molecular weight excluding hydrogens is 305 g/mol. The van der Waals surface area contributed by atoms with E-state index in [-0.39, 0.29) is 37.3 Å². The van der Waals surface area contributed by atoms with E-state index in [1.807, 2.05) is 0 Å². The van der Waals surface area contributed by atoms with Gasteiger partial charge in [-0.05, 0) is 25.0 Å². The second-order valence-electron chi connectivity index (χ2n) is 5.29. The van der Waals surface area contributed by atoms with Crippen LogP contribution in [0.2, 0.25) is 0 Å². The van der Waals surface area contributed by atoms with Crippen LogP contribution in [0.3, 0.4) is 0 Å². The molecule has 1 heterocycles. The third kappa shape index (κ3) is 5.21.